The molecule has 1 saturated heterocycles. The molecule has 0 bridgehead atoms. The van der Waals surface area contributed by atoms with Gasteiger partial charge in [0, 0.05) is 37.7 Å². The van der Waals surface area contributed by atoms with Gasteiger partial charge in [0.05, 0.1) is 0 Å². The van der Waals surface area contributed by atoms with Gasteiger partial charge in [-0.25, -0.2) is 4.39 Å². The number of amides is 1. The van der Waals surface area contributed by atoms with E-state index in [1.807, 2.05) is 13.0 Å². The van der Waals surface area contributed by atoms with Gasteiger partial charge in [0.1, 0.15) is 23.9 Å². The van der Waals surface area contributed by atoms with Crippen LogP contribution in [0.4, 0.5) is 4.39 Å². The van der Waals surface area contributed by atoms with Crippen molar-refractivity contribution in [3.05, 3.63) is 87.6 Å². The second kappa shape index (κ2) is 10.6. The maximum Gasteiger partial charge on any atom is 0.289 e. The Hall–Kier alpha value is -2.83. The first kappa shape index (κ1) is 24.3. The average Bonchev–Trinajstić information content (AvgIpc) is 3.28. The molecule has 0 aliphatic carbocycles. The Morgan fingerprint density at radius 1 is 1.09 bits per heavy atom. The van der Waals surface area contributed by atoms with Crippen LogP contribution in [0.25, 0.3) is 0 Å². The highest BCUT2D eigenvalue weighted by Crippen LogP contribution is 2.28. The zero-order chi connectivity index (χ0) is 24.2. The molecule has 1 aliphatic heterocycles. The molecular formula is C27H30ClFN2O3. The fourth-order valence-corrected chi connectivity index (χ4v) is 4.35. The number of hydrogen-bond acceptors (Lipinski definition) is 4. The van der Waals surface area contributed by atoms with Gasteiger partial charge in [-0.3, -0.25) is 9.69 Å². The minimum atomic E-state index is -0.341. The van der Waals surface area contributed by atoms with Gasteiger partial charge in [0.15, 0.2) is 5.76 Å². The molecule has 0 atom stereocenters. The highest BCUT2D eigenvalue weighted by Gasteiger charge is 2.25. The molecule has 0 unspecified atom stereocenters. The van der Waals surface area contributed by atoms with E-state index in [1.54, 1.807) is 23.1 Å². The van der Waals surface area contributed by atoms with Crippen molar-refractivity contribution in [2.24, 2.45) is 0 Å². The monoisotopic (exact) mass is 484 g/mol. The third-order valence-electron chi connectivity index (χ3n) is 6.10. The molecule has 1 aromatic heterocycles. The number of ether oxygens (including phenoxy) is 1. The Morgan fingerprint density at radius 2 is 1.85 bits per heavy atom. The van der Waals surface area contributed by atoms with Crippen molar-refractivity contribution >= 4 is 17.5 Å². The molecule has 0 spiro atoms. The van der Waals surface area contributed by atoms with Gasteiger partial charge >= 0.3 is 0 Å². The molecule has 180 valence electrons. The topological polar surface area (TPSA) is 45.9 Å². The molecule has 0 radical (unpaired) electrons. The summed E-state index contributed by atoms with van der Waals surface area (Å²) in [5, 5.41) is 0.426. The minimum Gasteiger partial charge on any atom is -0.485 e. The third-order valence-corrected chi connectivity index (χ3v) is 6.45. The molecule has 1 aliphatic rings. The number of benzene rings is 2. The maximum absolute atomic E-state index is 13.3. The lowest BCUT2D eigenvalue weighted by Gasteiger charge is -2.34. The van der Waals surface area contributed by atoms with E-state index in [1.165, 1.54) is 12.1 Å². The van der Waals surface area contributed by atoms with E-state index in [0.717, 1.165) is 22.4 Å². The summed E-state index contributed by atoms with van der Waals surface area (Å²) in [4.78, 5) is 16.9. The lowest BCUT2D eigenvalue weighted by atomic mass is 10.0. The van der Waals surface area contributed by atoms with Crippen molar-refractivity contribution in [1.82, 2.24) is 9.80 Å². The van der Waals surface area contributed by atoms with E-state index in [2.05, 4.69) is 30.9 Å². The number of nitrogens with zero attached hydrogens (tertiary/aromatic N) is 2. The molecule has 3 aromatic rings. The number of rotatable bonds is 7. The smallest absolute Gasteiger partial charge is 0.289 e. The standard InChI is InChI=1S/C27H30ClFN2O3/c1-18(2)23-8-4-19(3)14-26(23)33-17-22-7-9-25(34-22)27(32)31-12-10-30(11-13-31)16-20-5-6-21(29)15-24(20)28/h4-9,14-15,18H,10-13,16-17H2,1-3H3. The van der Waals surface area contributed by atoms with Crippen LogP contribution in [0.1, 0.15) is 52.8 Å². The van der Waals surface area contributed by atoms with E-state index in [0.29, 0.717) is 55.2 Å². The van der Waals surface area contributed by atoms with Gasteiger partial charge in [0.25, 0.3) is 5.91 Å². The Kier molecular flexibility index (Phi) is 7.59. The Morgan fingerprint density at radius 3 is 2.56 bits per heavy atom. The van der Waals surface area contributed by atoms with Crippen LogP contribution in [0.15, 0.2) is 52.9 Å². The lowest BCUT2D eigenvalue weighted by Crippen LogP contribution is -2.48. The van der Waals surface area contributed by atoms with Crippen molar-refractivity contribution in [2.45, 2.75) is 39.8 Å². The fourth-order valence-electron chi connectivity index (χ4n) is 4.12. The minimum absolute atomic E-state index is 0.121. The molecule has 7 heteroatoms. The molecule has 2 aromatic carbocycles. The molecule has 5 nitrogen and oxygen atoms in total. The van der Waals surface area contributed by atoms with Gasteiger partial charge < -0.3 is 14.1 Å². The summed E-state index contributed by atoms with van der Waals surface area (Å²) in [6.45, 7) is 9.79. The summed E-state index contributed by atoms with van der Waals surface area (Å²) >= 11 is 6.15. The van der Waals surface area contributed by atoms with Crippen molar-refractivity contribution in [1.29, 1.82) is 0 Å². The molecule has 0 saturated carbocycles. The Bertz CT molecular complexity index is 1150. The highest BCUT2D eigenvalue weighted by atomic mass is 35.5. The van der Waals surface area contributed by atoms with Crippen LogP contribution in [-0.4, -0.2) is 41.9 Å². The normalized spacial score (nSPS) is 14.6. The average molecular weight is 485 g/mol. The molecule has 4 rings (SSSR count). The zero-order valence-electron chi connectivity index (χ0n) is 19.8. The van der Waals surface area contributed by atoms with Gasteiger partial charge in [-0.05, 0) is 59.9 Å². The van der Waals surface area contributed by atoms with Gasteiger partial charge in [-0.15, -0.1) is 0 Å². The summed E-state index contributed by atoms with van der Waals surface area (Å²) in [5.41, 5.74) is 3.16. The number of piperazine rings is 1. The summed E-state index contributed by atoms with van der Waals surface area (Å²) in [6, 6.07) is 14.2. The number of carbonyl (C=O) groups is 1. The largest absolute Gasteiger partial charge is 0.485 e. The van der Waals surface area contributed by atoms with Crippen LogP contribution in [0.3, 0.4) is 0 Å². The van der Waals surface area contributed by atoms with E-state index < -0.39 is 0 Å². The number of aryl methyl sites for hydroxylation is 1. The SMILES string of the molecule is Cc1ccc(C(C)C)c(OCc2ccc(C(=O)N3CCN(Cc4ccc(F)cc4Cl)CC3)o2)c1. The first-order valence-electron chi connectivity index (χ1n) is 11.6. The van der Waals surface area contributed by atoms with Crippen LogP contribution >= 0.6 is 11.6 Å². The predicted octanol–water partition coefficient (Wildman–Crippen LogP) is 6.04. The first-order chi connectivity index (χ1) is 16.3. The fraction of sp³-hybridized carbons (Fsp3) is 0.370. The molecule has 1 fully saturated rings. The molecular weight excluding hydrogens is 455 g/mol. The zero-order valence-corrected chi connectivity index (χ0v) is 20.6. The third kappa shape index (κ3) is 5.80. The number of carbonyl (C=O) groups excluding carboxylic acids is 1. The maximum atomic E-state index is 13.3. The van der Waals surface area contributed by atoms with Crippen LogP contribution in [0.2, 0.25) is 5.02 Å². The van der Waals surface area contributed by atoms with E-state index in [4.69, 9.17) is 20.8 Å². The van der Waals surface area contributed by atoms with Gasteiger partial charge in [0.2, 0.25) is 0 Å². The number of furan rings is 1. The van der Waals surface area contributed by atoms with Crippen LogP contribution in [0, 0.1) is 12.7 Å². The second-order valence-corrected chi connectivity index (χ2v) is 9.46. The van der Waals surface area contributed by atoms with E-state index >= 15 is 0 Å². The Labute approximate surface area is 205 Å². The Balaban J connectivity index is 1.31. The van der Waals surface area contributed by atoms with E-state index in [9.17, 15) is 9.18 Å². The molecule has 34 heavy (non-hydrogen) atoms. The second-order valence-electron chi connectivity index (χ2n) is 9.05. The number of hydrogen-bond donors (Lipinski definition) is 0. The summed E-state index contributed by atoms with van der Waals surface area (Å²) in [6.07, 6.45) is 0. The molecule has 0 N–H and O–H groups in total. The molecule has 2 heterocycles. The first-order valence-corrected chi connectivity index (χ1v) is 12.0. The van der Waals surface area contributed by atoms with Crippen molar-refractivity contribution in [3.8, 4) is 5.75 Å². The predicted molar refractivity (Wildman–Crippen MR) is 131 cm³/mol. The summed E-state index contributed by atoms with van der Waals surface area (Å²) in [5.74, 6) is 1.67. The lowest BCUT2D eigenvalue weighted by molar-refractivity contribution is 0.0594. The van der Waals surface area contributed by atoms with Crippen LogP contribution in [-0.2, 0) is 13.2 Å². The van der Waals surface area contributed by atoms with Gasteiger partial charge in [-0.2, -0.15) is 0 Å². The van der Waals surface area contributed by atoms with Crippen molar-refractivity contribution < 1.29 is 18.3 Å². The van der Waals surface area contributed by atoms with Crippen molar-refractivity contribution in [2.75, 3.05) is 26.2 Å². The van der Waals surface area contributed by atoms with E-state index in [-0.39, 0.29) is 18.3 Å². The van der Waals surface area contributed by atoms with Crippen LogP contribution < -0.4 is 4.74 Å². The quantitative estimate of drug-likeness (QED) is 0.410. The summed E-state index contributed by atoms with van der Waals surface area (Å²) < 4.78 is 25.1. The summed E-state index contributed by atoms with van der Waals surface area (Å²) in [7, 11) is 0. The van der Waals surface area contributed by atoms with Crippen molar-refractivity contribution in [3.63, 3.8) is 0 Å². The molecule has 1 amide bonds. The van der Waals surface area contributed by atoms with Crippen LogP contribution in [0.5, 0.6) is 5.75 Å². The van der Waals surface area contributed by atoms with Gasteiger partial charge in [-0.1, -0.05) is 43.6 Å². The highest BCUT2D eigenvalue weighted by molar-refractivity contribution is 6.31. The number of halogens is 2.